The van der Waals surface area contributed by atoms with Crippen molar-refractivity contribution in [2.45, 2.75) is 13.3 Å². The minimum atomic E-state index is 0.796. The predicted molar refractivity (Wildman–Crippen MR) is 149 cm³/mol. The van der Waals surface area contributed by atoms with E-state index in [2.05, 4.69) is 124 Å². The van der Waals surface area contributed by atoms with E-state index in [9.17, 15) is 5.26 Å². The molecule has 4 heteroatoms. The molecule has 1 aliphatic rings. The van der Waals surface area contributed by atoms with Crippen LogP contribution in [0.25, 0.3) is 11.1 Å². The predicted octanol–water partition coefficient (Wildman–Crippen LogP) is 7.21. The van der Waals surface area contributed by atoms with E-state index in [1.807, 2.05) is 6.07 Å². The number of hydrogen-bond donors (Lipinski definition) is 0. The number of rotatable bonds is 5. The lowest BCUT2D eigenvalue weighted by Gasteiger charge is -2.38. The molecule has 0 amide bonds. The van der Waals surface area contributed by atoms with E-state index in [0.717, 1.165) is 53.9 Å². The van der Waals surface area contributed by atoms with Crippen molar-refractivity contribution < 1.29 is 0 Å². The zero-order valence-corrected chi connectivity index (χ0v) is 21.5. The third kappa shape index (κ3) is 4.97. The highest BCUT2D eigenvalue weighted by molar-refractivity contribution is 9.10. The van der Waals surface area contributed by atoms with Crippen LogP contribution >= 0.6 is 15.9 Å². The van der Waals surface area contributed by atoms with Crippen molar-refractivity contribution in [1.82, 2.24) is 0 Å². The topological polar surface area (TPSA) is 30.3 Å². The molecule has 5 rings (SSSR count). The normalized spacial score (nSPS) is 13.5. The summed E-state index contributed by atoms with van der Waals surface area (Å²) in [5.74, 6) is 0. The number of nitriles is 1. The lowest BCUT2D eigenvalue weighted by atomic mass is 9.87. The molecule has 0 atom stereocenters. The lowest BCUT2D eigenvalue weighted by molar-refractivity contribution is 0.653. The minimum Gasteiger partial charge on any atom is -0.368 e. The fourth-order valence-corrected chi connectivity index (χ4v) is 5.26. The molecule has 4 aromatic carbocycles. The first-order valence-electron chi connectivity index (χ1n) is 12.1. The maximum atomic E-state index is 10.3. The molecule has 0 bridgehead atoms. The molecule has 35 heavy (non-hydrogen) atoms. The Morgan fingerprint density at radius 2 is 1.40 bits per heavy atom. The third-order valence-electron chi connectivity index (χ3n) is 6.92. The van der Waals surface area contributed by atoms with Crippen molar-refractivity contribution in [1.29, 1.82) is 5.26 Å². The Labute approximate surface area is 216 Å². The molecule has 1 aliphatic heterocycles. The van der Waals surface area contributed by atoms with Gasteiger partial charge in [0.05, 0.1) is 11.3 Å². The largest absolute Gasteiger partial charge is 0.368 e. The molecular weight excluding hydrogens is 494 g/mol. The van der Waals surface area contributed by atoms with Crippen molar-refractivity contribution >= 4 is 27.3 Å². The van der Waals surface area contributed by atoms with E-state index in [0.29, 0.717) is 0 Å². The molecule has 0 N–H and O–H groups in total. The number of nitrogens with zero attached hydrogens (tertiary/aromatic N) is 3. The van der Waals surface area contributed by atoms with Gasteiger partial charge in [0.2, 0.25) is 0 Å². The van der Waals surface area contributed by atoms with Gasteiger partial charge in [-0.05, 0) is 71.5 Å². The van der Waals surface area contributed by atoms with Gasteiger partial charge in [-0.25, -0.2) is 0 Å². The van der Waals surface area contributed by atoms with Gasteiger partial charge in [-0.2, -0.15) is 5.26 Å². The molecule has 0 saturated carbocycles. The minimum absolute atomic E-state index is 0.796. The van der Waals surface area contributed by atoms with Gasteiger partial charge in [0.25, 0.3) is 0 Å². The summed E-state index contributed by atoms with van der Waals surface area (Å²) in [6, 6.07) is 34.4. The summed E-state index contributed by atoms with van der Waals surface area (Å²) in [6.45, 7) is 5.77. The van der Waals surface area contributed by atoms with Gasteiger partial charge in [-0.3, -0.25) is 0 Å². The molecule has 3 nitrogen and oxygen atoms in total. The first-order chi connectivity index (χ1) is 17.1. The maximum absolute atomic E-state index is 10.3. The van der Waals surface area contributed by atoms with Crippen molar-refractivity contribution in [2.24, 2.45) is 0 Å². The molecule has 1 fully saturated rings. The van der Waals surface area contributed by atoms with Crippen molar-refractivity contribution in [3.05, 3.63) is 118 Å². The van der Waals surface area contributed by atoms with Crippen molar-refractivity contribution in [3.63, 3.8) is 0 Å². The molecule has 174 valence electrons. The van der Waals surface area contributed by atoms with Gasteiger partial charge < -0.3 is 9.80 Å². The van der Waals surface area contributed by atoms with E-state index < -0.39 is 0 Å². The zero-order chi connectivity index (χ0) is 24.2. The Morgan fingerprint density at radius 1 is 0.800 bits per heavy atom. The third-order valence-corrected chi connectivity index (χ3v) is 7.45. The van der Waals surface area contributed by atoms with Crippen LogP contribution in [0.3, 0.4) is 0 Å². The van der Waals surface area contributed by atoms with Gasteiger partial charge >= 0.3 is 0 Å². The fourth-order valence-electron chi connectivity index (χ4n) is 4.99. The number of hydrogen-bond acceptors (Lipinski definition) is 3. The Bertz CT molecular complexity index is 1330. The summed E-state index contributed by atoms with van der Waals surface area (Å²) in [6.07, 6.45) is 0.800. The quantitative estimate of drug-likeness (QED) is 0.277. The Morgan fingerprint density at radius 3 is 2.03 bits per heavy atom. The van der Waals surface area contributed by atoms with E-state index in [1.54, 1.807) is 0 Å². The zero-order valence-electron chi connectivity index (χ0n) is 19.9. The molecule has 0 unspecified atom stereocenters. The van der Waals surface area contributed by atoms with Crippen LogP contribution in [0.5, 0.6) is 0 Å². The van der Waals surface area contributed by atoms with Crippen LogP contribution in [0.15, 0.2) is 95.5 Å². The lowest BCUT2D eigenvalue weighted by Crippen LogP contribution is -2.46. The summed E-state index contributed by atoms with van der Waals surface area (Å²) < 4.78 is 1.06. The highest BCUT2D eigenvalue weighted by Gasteiger charge is 2.24. The average Bonchev–Trinajstić information content (AvgIpc) is 2.91. The van der Waals surface area contributed by atoms with Gasteiger partial charge in [0, 0.05) is 36.3 Å². The molecule has 1 heterocycles. The van der Waals surface area contributed by atoms with Gasteiger partial charge in [0.15, 0.2) is 0 Å². The van der Waals surface area contributed by atoms with Crippen molar-refractivity contribution in [3.8, 4) is 17.2 Å². The van der Waals surface area contributed by atoms with Crippen LogP contribution in [0.2, 0.25) is 0 Å². The van der Waals surface area contributed by atoms with Crippen LogP contribution in [0, 0.1) is 18.3 Å². The first-order valence-corrected chi connectivity index (χ1v) is 12.8. The van der Waals surface area contributed by atoms with Crippen LogP contribution in [0.1, 0.15) is 22.3 Å². The number of piperazine rings is 1. The molecule has 0 radical (unpaired) electrons. The number of anilines is 2. The highest BCUT2D eigenvalue weighted by Crippen LogP contribution is 2.37. The van der Waals surface area contributed by atoms with E-state index >= 15 is 0 Å². The number of halogens is 1. The second kappa shape index (κ2) is 10.4. The van der Waals surface area contributed by atoms with E-state index in [4.69, 9.17) is 0 Å². The highest BCUT2D eigenvalue weighted by atomic mass is 79.9. The number of benzene rings is 4. The summed E-state index contributed by atoms with van der Waals surface area (Å²) in [4.78, 5) is 4.81. The Hall–Kier alpha value is -3.55. The van der Waals surface area contributed by atoms with Crippen LogP contribution < -0.4 is 9.80 Å². The molecule has 4 aromatic rings. The summed E-state index contributed by atoms with van der Waals surface area (Å²) in [5, 5.41) is 10.3. The molecule has 0 spiro atoms. The second-order valence-corrected chi connectivity index (χ2v) is 9.93. The summed E-state index contributed by atoms with van der Waals surface area (Å²) >= 11 is 3.57. The van der Waals surface area contributed by atoms with Crippen LogP contribution in [0.4, 0.5) is 11.4 Å². The monoisotopic (exact) mass is 521 g/mol. The average molecular weight is 522 g/mol. The molecule has 0 aliphatic carbocycles. The van der Waals surface area contributed by atoms with Crippen molar-refractivity contribution in [2.75, 3.05) is 36.0 Å². The molecule has 0 aromatic heterocycles. The first kappa shape index (κ1) is 23.2. The van der Waals surface area contributed by atoms with Crippen LogP contribution in [-0.2, 0) is 6.42 Å². The van der Waals surface area contributed by atoms with Gasteiger partial charge in [0.1, 0.15) is 6.07 Å². The number of para-hydroxylation sites is 1. The maximum Gasteiger partial charge on any atom is 0.102 e. The fraction of sp³-hybridized carbons (Fsp3) is 0.194. The van der Waals surface area contributed by atoms with Crippen LogP contribution in [-0.4, -0.2) is 26.2 Å². The second-order valence-electron chi connectivity index (χ2n) is 9.01. The summed E-state index contributed by atoms with van der Waals surface area (Å²) in [5.41, 5.74) is 9.05. The SMILES string of the molecule is Cc1c(C#N)c(N2CCN(c3ccccc3)CC2)cc(-c2ccc(Br)cc2)c1Cc1ccccc1. The van der Waals surface area contributed by atoms with Gasteiger partial charge in [-0.15, -0.1) is 0 Å². The smallest absolute Gasteiger partial charge is 0.102 e. The standard InChI is InChI=1S/C31H28BrN3/c1-23-28(20-24-8-4-2-5-9-24)29(25-12-14-26(32)15-13-25)21-31(30(23)22-33)35-18-16-34(17-19-35)27-10-6-3-7-11-27/h2-15,21H,16-20H2,1H3. The van der Waals surface area contributed by atoms with E-state index in [1.165, 1.54) is 27.9 Å². The summed E-state index contributed by atoms with van der Waals surface area (Å²) in [7, 11) is 0. The Kier molecular flexibility index (Phi) is 6.88. The van der Waals surface area contributed by atoms with Gasteiger partial charge in [-0.1, -0.05) is 76.6 Å². The molecule has 1 saturated heterocycles. The Balaban J connectivity index is 1.54. The van der Waals surface area contributed by atoms with E-state index in [-0.39, 0.29) is 0 Å². The molecular formula is C31H28BrN3.